The first-order valence-electron chi connectivity index (χ1n) is 6.97. The number of amides is 1. The van der Waals surface area contributed by atoms with Gasteiger partial charge in [-0.05, 0) is 7.05 Å². The lowest BCUT2D eigenvalue weighted by Gasteiger charge is -2.07. The van der Waals surface area contributed by atoms with Crippen LogP contribution in [-0.4, -0.2) is 78.9 Å². The summed E-state index contributed by atoms with van der Waals surface area (Å²) < 4.78 is 21.2. The van der Waals surface area contributed by atoms with Gasteiger partial charge in [-0.2, -0.15) is 0 Å². The predicted octanol–water partition coefficient (Wildman–Crippen LogP) is -0.592. The molecule has 0 saturated carbocycles. The highest BCUT2D eigenvalue weighted by molar-refractivity contribution is 5.72. The predicted molar refractivity (Wildman–Crippen MR) is 75.9 cm³/mol. The molecule has 0 aromatic heterocycles. The lowest BCUT2D eigenvalue weighted by atomic mass is 10.6. The summed E-state index contributed by atoms with van der Waals surface area (Å²) in [6, 6.07) is 0. The van der Waals surface area contributed by atoms with E-state index in [0.29, 0.717) is 59.4 Å². The van der Waals surface area contributed by atoms with Crippen molar-refractivity contribution in [1.82, 2.24) is 10.6 Å². The van der Waals surface area contributed by atoms with Crippen LogP contribution < -0.4 is 10.6 Å². The summed E-state index contributed by atoms with van der Waals surface area (Å²) in [6.45, 7) is 7.41. The first-order chi connectivity index (χ1) is 9.77. The molecule has 0 spiro atoms. The molecule has 0 radical (unpaired) electrons. The van der Waals surface area contributed by atoms with Gasteiger partial charge in [0.2, 0.25) is 5.91 Å². The van der Waals surface area contributed by atoms with Crippen molar-refractivity contribution >= 4 is 5.91 Å². The van der Waals surface area contributed by atoms with Gasteiger partial charge in [-0.3, -0.25) is 4.79 Å². The molecule has 0 rings (SSSR count). The van der Waals surface area contributed by atoms with E-state index in [1.807, 2.05) is 7.05 Å². The number of ether oxygens (including phenoxy) is 4. The molecule has 0 aromatic carbocycles. The molecule has 0 aliphatic rings. The van der Waals surface area contributed by atoms with E-state index in [1.165, 1.54) is 6.92 Å². The second kappa shape index (κ2) is 16.3. The molecule has 7 heteroatoms. The molecule has 7 nitrogen and oxygen atoms in total. The minimum absolute atomic E-state index is 0.0445. The van der Waals surface area contributed by atoms with E-state index in [1.54, 1.807) is 0 Å². The molecule has 0 bridgehead atoms. The van der Waals surface area contributed by atoms with Crippen molar-refractivity contribution in [2.45, 2.75) is 6.92 Å². The van der Waals surface area contributed by atoms with E-state index in [4.69, 9.17) is 18.9 Å². The Morgan fingerprint density at radius 1 is 0.750 bits per heavy atom. The fourth-order valence-electron chi connectivity index (χ4n) is 1.24. The molecule has 1 amide bonds. The largest absolute Gasteiger partial charge is 0.378 e. The Bertz CT molecular complexity index is 217. The van der Waals surface area contributed by atoms with Gasteiger partial charge in [0.25, 0.3) is 0 Å². The minimum Gasteiger partial charge on any atom is -0.378 e. The summed E-state index contributed by atoms with van der Waals surface area (Å²) >= 11 is 0. The number of likely N-dealkylation sites (N-methyl/N-ethyl adjacent to an activating group) is 1. The van der Waals surface area contributed by atoms with E-state index in [-0.39, 0.29) is 5.91 Å². The van der Waals surface area contributed by atoms with Gasteiger partial charge >= 0.3 is 0 Å². The van der Waals surface area contributed by atoms with Gasteiger partial charge in [0.05, 0.1) is 52.9 Å². The Kier molecular flexibility index (Phi) is 15.7. The number of hydrogen-bond acceptors (Lipinski definition) is 6. The number of nitrogens with one attached hydrogen (secondary N) is 2. The van der Waals surface area contributed by atoms with Crippen LogP contribution in [0.15, 0.2) is 0 Å². The lowest BCUT2D eigenvalue weighted by Crippen LogP contribution is -2.25. The van der Waals surface area contributed by atoms with Crippen LogP contribution in [0.3, 0.4) is 0 Å². The molecule has 2 N–H and O–H groups in total. The zero-order valence-electron chi connectivity index (χ0n) is 12.6. The van der Waals surface area contributed by atoms with Crippen molar-refractivity contribution in [3.63, 3.8) is 0 Å². The Labute approximate surface area is 121 Å². The first kappa shape index (κ1) is 19.3. The Morgan fingerprint density at radius 2 is 1.15 bits per heavy atom. The van der Waals surface area contributed by atoms with Gasteiger partial charge in [0, 0.05) is 20.0 Å². The van der Waals surface area contributed by atoms with Crippen LogP contribution >= 0.6 is 0 Å². The molecular formula is C13H28N2O5. The van der Waals surface area contributed by atoms with Crippen molar-refractivity contribution in [1.29, 1.82) is 0 Å². The van der Waals surface area contributed by atoms with Crippen molar-refractivity contribution < 1.29 is 23.7 Å². The van der Waals surface area contributed by atoms with E-state index < -0.39 is 0 Å². The first-order valence-corrected chi connectivity index (χ1v) is 6.97. The summed E-state index contributed by atoms with van der Waals surface area (Å²) in [5, 5.41) is 5.65. The van der Waals surface area contributed by atoms with Crippen LogP contribution in [0.5, 0.6) is 0 Å². The summed E-state index contributed by atoms with van der Waals surface area (Å²) in [5.41, 5.74) is 0. The topological polar surface area (TPSA) is 78.1 Å². The molecular weight excluding hydrogens is 264 g/mol. The van der Waals surface area contributed by atoms with Gasteiger partial charge in [-0.25, -0.2) is 0 Å². The second-order valence-corrected chi connectivity index (χ2v) is 4.04. The SMILES string of the molecule is CNCCOCCOCCOCCOCCNC(C)=O. The van der Waals surface area contributed by atoms with Crippen molar-refractivity contribution in [3.05, 3.63) is 0 Å². The third-order valence-electron chi connectivity index (χ3n) is 2.23. The third-order valence-corrected chi connectivity index (χ3v) is 2.23. The monoisotopic (exact) mass is 292 g/mol. The van der Waals surface area contributed by atoms with Gasteiger partial charge in [-0.1, -0.05) is 0 Å². The molecule has 0 aliphatic heterocycles. The summed E-state index contributed by atoms with van der Waals surface area (Å²) in [7, 11) is 1.89. The van der Waals surface area contributed by atoms with Gasteiger partial charge < -0.3 is 29.6 Å². The molecule has 0 aliphatic carbocycles. The lowest BCUT2D eigenvalue weighted by molar-refractivity contribution is -0.119. The number of rotatable bonds is 15. The van der Waals surface area contributed by atoms with Crippen LogP contribution in [0, 0.1) is 0 Å². The zero-order chi connectivity index (χ0) is 14.9. The van der Waals surface area contributed by atoms with Gasteiger partial charge in [0.15, 0.2) is 0 Å². The zero-order valence-corrected chi connectivity index (χ0v) is 12.6. The van der Waals surface area contributed by atoms with Crippen molar-refractivity contribution in [2.75, 3.05) is 73.0 Å². The van der Waals surface area contributed by atoms with Crippen LogP contribution in [0.4, 0.5) is 0 Å². The summed E-state index contributed by atoms with van der Waals surface area (Å²) in [6.07, 6.45) is 0. The maximum absolute atomic E-state index is 10.6. The maximum atomic E-state index is 10.6. The summed E-state index contributed by atoms with van der Waals surface area (Å²) in [4.78, 5) is 10.6. The van der Waals surface area contributed by atoms with Crippen LogP contribution in [-0.2, 0) is 23.7 Å². The standard InChI is InChI=1S/C13H28N2O5/c1-13(16)15-4-6-18-8-10-20-12-11-19-9-7-17-5-3-14-2/h14H,3-12H2,1-2H3,(H,15,16). The summed E-state index contributed by atoms with van der Waals surface area (Å²) in [5.74, 6) is -0.0445. The second-order valence-electron chi connectivity index (χ2n) is 4.04. The number of carbonyl (C=O) groups excluding carboxylic acids is 1. The Hall–Kier alpha value is -0.730. The molecule has 120 valence electrons. The fourth-order valence-corrected chi connectivity index (χ4v) is 1.24. The quantitative estimate of drug-likeness (QED) is 0.393. The molecule has 0 heterocycles. The average Bonchev–Trinajstić information content (AvgIpc) is 2.43. The Morgan fingerprint density at radius 3 is 1.55 bits per heavy atom. The molecule has 0 aromatic rings. The molecule has 0 unspecified atom stereocenters. The number of hydrogen-bond donors (Lipinski definition) is 2. The van der Waals surface area contributed by atoms with Crippen molar-refractivity contribution in [3.8, 4) is 0 Å². The third kappa shape index (κ3) is 17.3. The van der Waals surface area contributed by atoms with Crippen LogP contribution in [0.1, 0.15) is 6.92 Å². The molecule has 20 heavy (non-hydrogen) atoms. The highest BCUT2D eigenvalue weighted by atomic mass is 16.6. The van der Waals surface area contributed by atoms with Crippen molar-refractivity contribution in [2.24, 2.45) is 0 Å². The molecule has 0 fully saturated rings. The average molecular weight is 292 g/mol. The maximum Gasteiger partial charge on any atom is 0.216 e. The number of carbonyl (C=O) groups is 1. The van der Waals surface area contributed by atoms with E-state index >= 15 is 0 Å². The van der Waals surface area contributed by atoms with Gasteiger partial charge in [0.1, 0.15) is 0 Å². The highest BCUT2D eigenvalue weighted by Crippen LogP contribution is 1.82. The highest BCUT2D eigenvalue weighted by Gasteiger charge is 1.93. The van der Waals surface area contributed by atoms with Crippen LogP contribution in [0.2, 0.25) is 0 Å². The molecule has 0 saturated heterocycles. The Balaban J connectivity index is 2.94. The minimum atomic E-state index is -0.0445. The molecule has 0 atom stereocenters. The van der Waals surface area contributed by atoms with Crippen LogP contribution in [0.25, 0.3) is 0 Å². The van der Waals surface area contributed by atoms with E-state index in [2.05, 4.69) is 10.6 Å². The smallest absolute Gasteiger partial charge is 0.216 e. The van der Waals surface area contributed by atoms with E-state index in [9.17, 15) is 4.79 Å². The van der Waals surface area contributed by atoms with E-state index in [0.717, 1.165) is 6.54 Å². The fraction of sp³-hybridized carbons (Fsp3) is 0.923. The normalized spacial score (nSPS) is 10.7. The van der Waals surface area contributed by atoms with Gasteiger partial charge in [-0.15, -0.1) is 0 Å².